The molecule has 0 radical (unpaired) electrons. The van der Waals surface area contributed by atoms with Crippen molar-refractivity contribution < 1.29 is 14.3 Å². The molecule has 2 heterocycles. The summed E-state index contributed by atoms with van der Waals surface area (Å²) in [6.45, 7) is 3.87. The van der Waals surface area contributed by atoms with Gasteiger partial charge in [0.1, 0.15) is 0 Å². The van der Waals surface area contributed by atoms with E-state index in [0.717, 1.165) is 26.2 Å². The lowest BCUT2D eigenvalue weighted by Gasteiger charge is -2.46. The summed E-state index contributed by atoms with van der Waals surface area (Å²) in [4.78, 5) is 28.1. The molecule has 6 heteroatoms. The molecule has 124 valence electrons. The van der Waals surface area contributed by atoms with Gasteiger partial charge in [0.25, 0.3) is 0 Å². The first-order valence-corrected chi connectivity index (χ1v) is 8.16. The van der Waals surface area contributed by atoms with Gasteiger partial charge in [0.2, 0.25) is 0 Å². The molecular weight excluding hydrogens is 294 g/mol. The molecule has 2 aliphatic rings. The number of amides is 2. The zero-order valence-corrected chi connectivity index (χ0v) is 13.5. The van der Waals surface area contributed by atoms with Gasteiger partial charge < -0.3 is 15.0 Å². The molecule has 6 nitrogen and oxygen atoms in total. The molecule has 0 aromatic heterocycles. The molecule has 23 heavy (non-hydrogen) atoms. The van der Waals surface area contributed by atoms with Crippen molar-refractivity contribution in [1.29, 1.82) is 0 Å². The standard InChI is InChI=1S/C17H23N3O3/c1-23-16(21)13-6-5-7-14(10-13)18-17(22)20-11-15(12-20)19-8-3-2-4-9-19/h5-7,10,15H,2-4,8-9,11-12H2,1H3,(H,18,22). The molecule has 0 atom stereocenters. The molecule has 1 N–H and O–H groups in total. The smallest absolute Gasteiger partial charge is 0.337 e. The Morgan fingerprint density at radius 3 is 2.61 bits per heavy atom. The van der Waals surface area contributed by atoms with Gasteiger partial charge in [-0.3, -0.25) is 4.90 Å². The highest BCUT2D eigenvalue weighted by molar-refractivity contribution is 5.94. The van der Waals surface area contributed by atoms with Crippen LogP contribution >= 0.6 is 0 Å². The molecule has 2 saturated heterocycles. The van der Waals surface area contributed by atoms with Gasteiger partial charge in [0.05, 0.1) is 12.7 Å². The van der Waals surface area contributed by atoms with E-state index in [4.69, 9.17) is 0 Å². The number of hydrogen-bond acceptors (Lipinski definition) is 4. The van der Waals surface area contributed by atoms with Gasteiger partial charge in [0, 0.05) is 24.8 Å². The largest absolute Gasteiger partial charge is 0.465 e. The van der Waals surface area contributed by atoms with Crippen LogP contribution < -0.4 is 5.32 Å². The van der Waals surface area contributed by atoms with E-state index in [9.17, 15) is 9.59 Å². The van der Waals surface area contributed by atoms with Gasteiger partial charge >= 0.3 is 12.0 Å². The van der Waals surface area contributed by atoms with Crippen LogP contribution in [0.3, 0.4) is 0 Å². The van der Waals surface area contributed by atoms with Crippen LogP contribution in [0.5, 0.6) is 0 Å². The molecule has 1 aromatic rings. The average molecular weight is 317 g/mol. The Labute approximate surface area is 136 Å². The molecular formula is C17H23N3O3. The van der Waals surface area contributed by atoms with E-state index in [2.05, 4.69) is 15.0 Å². The first-order chi connectivity index (χ1) is 11.2. The summed E-state index contributed by atoms with van der Waals surface area (Å²) in [7, 11) is 1.34. The van der Waals surface area contributed by atoms with E-state index in [1.165, 1.54) is 26.4 Å². The molecule has 0 bridgehead atoms. The second-order valence-electron chi connectivity index (χ2n) is 6.16. The van der Waals surface area contributed by atoms with Gasteiger partial charge in [0.15, 0.2) is 0 Å². The number of benzene rings is 1. The molecule has 2 aliphatic heterocycles. The molecule has 0 saturated carbocycles. The highest BCUT2D eigenvalue weighted by atomic mass is 16.5. The highest BCUT2D eigenvalue weighted by Crippen LogP contribution is 2.21. The van der Waals surface area contributed by atoms with Gasteiger partial charge in [-0.15, -0.1) is 0 Å². The van der Waals surface area contributed by atoms with Crippen molar-refractivity contribution >= 4 is 17.7 Å². The maximum Gasteiger partial charge on any atom is 0.337 e. The SMILES string of the molecule is COC(=O)c1cccc(NC(=O)N2CC(N3CCCCC3)C2)c1. The zero-order valence-electron chi connectivity index (χ0n) is 13.5. The van der Waals surface area contributed by atoms with Crippen molar-refractivity contribution in [3.05, 3.63) is 29.8 Å². The van der Waals surface area contributed by atoms with Crippen LogP contribution in [0.1, 0.15) is 29.6 Å². The summed E-state index contributed by atoms with van der Waals surface area (Å²) in [5.74, 6) is -0.407. The molecule has 0 spiro atoms. The van der Waals surface area contributed by atoms with Gasteiger partial charge in [-0.25, -0.2) is 9.59 Å². The molecule has 2 amide bonds. The third kappa shape index (κ3) is 3.64. The van der Waals surface area contributed by atoms with E-state index < -0.39 is 5.97 Å². The third-order valence-electron chi connectivity index (χ3n) is 4.59. The first kappa shape index (κ1) is 15.8. The van der Waals surface area contributed by atoms with E-state index in [1.807, 2.05) is 4.90 Å². The number of piperidine rings is 1. The number of rotatable bonds is 3. The fourth-order valence-corrected chi connectivity index (χ4v) is 3.18. The highest BCUT2D eigenvalue weighted by Gasteiger charge is 2.35. The van der Waals surface area contributed by atoms with Gasteiger partial charge in [-0.2, -0.15) is 0 Å². The maximum absolute atomic E-state index is 12.3. The van der Waals surface area contributed by atoms with Crippen LogP contribution in [-0.2, 0) is 4.74 Å². The summed E-state index contributed by atoms with van der Waals surface area (Å²) < 4.78 is 4.69. The fourth-order valence-electron chi connectivity index (χ4n) is 3.18. The number of hydrogen-bond donors (Lipinski definition) is 1. The minimum Gasteiger partial charge on any atom is -0.465 e. The number of carbonyl (C=O) groups excluding carboxylic acids is 2. The van der Waals surface area contributed by atoms with Gasteiger partial charge in [-0.05, 0) is 44.1 Å². The summed E-state index contributed by atoms with van der Waals surface area (Å²) >= 11 is 0. The molecule has 3 rings (SSSR count). The second kappa shape index (κ2) is 7.00. The van der Waals surface area contributed by atoms with Crippen molar-refractivity contribution in [3.63, 3.8) is 0 Å². The fraction of sp³-hybridized carbons (Fsp3) is 0.529. The predicted molar refractivity (Wildman–Crippen MR) is 87.6 cm³/mol. The van der Waals surface area contributed by atoms with Crippen LogP contribution in [0.15, 0.2) is 24.3 Å². The lowest BCUT2D eigenvalue weighted by molar-refractivity contribution is 0.0493. The number of methoxy groups -OCH3 is 1. The number of likely N-dealkylation sites (tertiary alicyclic amines) is 2. The minimum atomic E-state index is -0.407. The maximum atomic E-state index is 12.3. The minimum absolute atomic E-state index is 0.111. The summed E-state index contributed by atoms with van der Waals surface area (Å²) in [5, 5.41) is 2.85. The van der Waals surface area contributed by atoms with E-state index in [1.54, 1.807) is 24.3 Å². The van der Waals surface area contributed by atoms with Crippen LogP contribution in [-0.4, -0.2) is 61.1 Å². The number of urea groups is 1. The Balaban J connectivity index is 1.51. The number of carbonyl (C=O) groups is 2. The Morgan fingerprint density at radius 1 is 1.17 bits per heavy atom. The summed E-state index contributed by atoms with van der Waals surface area (Å²) in [6, 6.07) is 7.19. The number of nitrogens with zero attached hydrogens (tertiary/aromatic N) is 2. The third-order valence-corrected chi connectivity index (χ3v) is 4.59. The zero-order chi connectivity index (χ0) is 16.2. The Bertz CT molecular complexity index is 578. The Kier molecular flexibility index (Phi) is 4.81. The second-order valence-corrected chi connectivity index (χ2v) is 6.16. The van der Waals surface area contributed by atoms with Crippen molar-refractivity contribution in [2.24, 2.45) is 0 Å². The normalized spacial score (nSPS) is 19.1. The van der Waals surface area contributed by atoms with E-state index in [0.29, 0.717) is 17.3 Å². The van der Waals surface area contributed by atoms with E-state index in [-0.39, 0.29) is 6.03 Å². The van der Waals surface area contributed by atoms with E-state index >= 15 is 0 Å². The van der Waals surface area contributed by atoms with Crippen molar-refractivity contribution in [2.45, 2.75) is 25.3 Å². The number of ether oxygens (including phenoxy) is 1. The number of esters is 1. The molecule has 0 aliphatic carbocycles. The monoisotopic (exact) mass is 317 g/mol. The van der Waals surface area contributed by atoms with Crippen LogP contribution in [0.2, 0.25) is 0 Å². The molecule has 2 fully saturated rings. The lowest BCUT2D eigenvalue weighted by atomic mass is 10.0. The quantitative estimate of drug-likeness (QED) is 0.868. The van der Waals surface area contributed by atoms with Crippen molar-refractivity contribution in [1.82, 2.24) is 9.80 Å². The van der Waals surface area contributed by atoms with Crippen molar-refractivity contribution in [3.8, 4) is 0 Å². The number of nitrogens with one attached hydrogen (secondary N) is 1. The predicted octanol–water partition coefficient (Wildman–Crippen LogP) is 2.18. The molecule has 1 aromatic carbocycles. The van der Waals surface area contributed by atoms with Crippen LogP contribution in [0.4, 0.5) is 10.5 Å². The Hall–Kier alpha value is -2.08. The van der Waals surface area contributed by atoms with Gasteiger partial charge in [-0.1, -0.05) is 12.5 Å². The topological polar surface area (TPSA) is 61.9 Å². The average Bonchev–Trinajstić information content (AvgIpc) is 2.54. The number of anilines is 1. The Morgan fingerprint density at radius 2 is 1.91 bits per heavy atom. The molecule has 0 unspecified atom stereocenters. The first-order valence-electron chi connectivity index (χ1n) is 8.16. The van der Waals surface area contributed by atoms with Crippen LogP contribution in [0.25, 0.3) is 0 Å². The summed E-state index contributed by atoms with van der Waals surface area (Å²) in [5.41, 5.74) is 1.04. The summed E-state index contributed by atoms with van der Waals surface area (Å²) in [6.07, 6.45) is 3.86. The van der Waals surface area contributed by atoms with Crippen molar-refractivity contribution in [2.75, 3.05) is 38.6 Å². The lowest BCUT2D eigenvalue weighted by Crippen LogP contribution is -2.62. The van der Waals surface area contributed by atoms with Crippen LogP contribution in [0, 0.1) is 0 Å².